The Kier molecular flexibility index (Phi) is 8.27. The zero-order valence-corrected chi connectivity index (χ0v) is 18.1. The second kappa shape index (κ2) is 10.7. The van der Waals surface area contributed by atoms with E-state index in [1.807, 2.05) is 0 Å². The Balaban J connectivity index is 1.63. The van der Waals surface area contributed by atoms with Crippen LogP contribution in [-0.2, 0) is 9.59 Å². The number of rotatable bonds is 9. The number of aromatic hydroxyl groups is 2. The first kappa shape index (κ1) is 23.3. The maximum absolute atomic E-state index is 12.0. The van der Waals surface area contributed by atoms with Crippen LogP contribution in [0.25, 0.3) is 0 Å². The zero-order valence-electron chi connectivity index (χ0n) is 18.1. The Bertz CT molecular complexity index is 794. The number of benzene rings is 2. The van der Waals surface area contributed by atoms with Crippen LogP contribution in [0.15, 0.2) is 24.3 Å². The molecule has 2 rings (SSSR count). The van der Waals surface area contributed by atoms with E-state index in [2.05, 4.69) is 0 Å². The summed E-state index contributed by atoms with van der Waals surface area (Å²) >= 11 is 0. The Morgan fingerprint density at radius 2 is 0.933 bits per heavy atom. The van der Waals surface area contributed by atoms with E-state index < -0.39 is 0 Å². The number of aryl methyl sites for hydroxylation is 4. The van der Waals surface area contributed by atoms with Crippen molar-refractivity contribution < 1.29 is 29.3 Å². The predicted molar refractivity (Wildman–Crippen MR) is 114 cm³/mol. The fourth-order valence-corrected chi connectivity index (χ4v) is 3.21. The van der Waals surface area contributed by atoms with Crippen molar-refractivity contribution in [2.24, 2.45) is 0 Å². The summed E-state index contributed by atoms with van der Waals surface area (Å²) in [5.41, 5.74) is 2.68. The monoisotopic (exact) mass is 414 g/mol. The number of esters is 2. The summed E-state index contributed by atoms with van der Waals surface area (Å²) in [5, 5.41) is 19.5. The quantitative estimate of drug-likeness (QED) is 0.333. The minimum absolute atomic E-state index is 0.212. The lowest BCUT2D eigenvalue weighted by atomic mass is 10.1. The molecule has 6 nitrogen and oxygen atoms in total. The normalized spacial score (nSPS) is 10.7. The van der Waals surface area contributed by atoms with Crippen LogP contribution in [0.2, 0.25) is 0 Å². The van der Waals surface area contributed by atoms with Gasteiger partial charge in [0.2, 0.25) is 0 Å². The van der Waals surface area contributed by atoms with E-state index in [1.165, 1.54) is 0 Å². The van der Waals surface area contributed by atoms with Crippen LogP contribution in [0, 0.1) is 27.7 Å². The molecule has 30 heavy (non-hydrogen) atoms. The summed E-state index contributed by atoms with van der Waals surface area (Å²) < 4.78 is 10.7. The highest BCUT2D eigenvalue weighted by Crippen LogP contribution is 2.28. The average Bonchev–Trinajstić information content (AvgIpc) is 2.66. The van der Waals surface area contributed by atoms with E-state index in [0.717, 1.165) is 12.8 Å². The number of carbonyl (C=O) groups is 2. The molecule has 2 N–H and O–H groups in total. The molecule has 0 aliphatic rings. The van der Waals surface area contributed by atoms with E-state index in [1.54, 1.807) is 52.0 Å². The summed E-state index contributed by atoms with van der Waals surface area (Å²) in [6, 6.07) is 6.57. The van der Waals surface area contributed by atoms with Crippen molar-refractivity contribution in [3.63, 3.8) is 0 Å². The van der Waals surface area contributed by atoms with Crippen molar-refractivity contribution in [1.82, 2.24) is 0 Å². The fraction of sp³-hybridized carbons (Fsp3) is 0.417. The van der Waals surface area contributed by atoms with Crippen LogP contribution in [-0.4, -0.2) is 22.2 Å². The highest BCUT2D eigenvalue weighted by Gasteiger charge is 2.10. The van der Waals surface area contributed by atoms with Crippen molar-refractivity contribution in [1.29, 1.82) is 0 Å². The van der Waals surface area contributed by atoms with Crippen LogP contribution in [0.4, 0.5) is 0 Å². The molecule has 2 aromatic carbocycles. The molecule has 0 fully saturated rings. The summed E-state index contributed by atoms with van der Waals surface area (Å²) in [6.07, 6.45) is 3.59. The summed E-state index contributed by atoms with van der Waals surface area (Å²) in [5.74, 6) is 0.687. The molecule has 162 valence electrons. The first-order chi connectivity index (χ1) is 14.2. The van der Waals surface area contributed by atoms with Gasteiger partial charge < -0.3 is 19.7 Å². The average molecular weight is 414 g/mol. The molecule has 0 heterocycles. The van der Waals surface area contributed by atoms with Gasteiger partial charge in [0.25, 0.3) is 0 Å². The molecular formula is C24H30O6. The first-order valence-corrected chi connectivity index (χ1v) is 10.2. The smallest absolute Gasteiger partial charge is 0.311 e. The van der Waals surface area contributed by atoms with Gasteiger partial charge in [-0.2, -0.15) is 0 Å². The summed E-state index contributed by atoms with van der Waals surface area (Å²) in [6.45, 7) is 7.03. The molecule has 0 unspecified atom stereocenters. The van der Waals surface area contributed by atoms with Crippen molar-refractivity contribution in [3.05, 3.63) is 46.5 Å². The van der Waals surface area contributed by atoms with Crippen molar-refractivity contribution in [3.8, 4) is 23.0 Å². The van der Waals surface area contributed by atoms with Gasteiger partial charge in [-0.15, -0.1) is 0 Å². The molecule has 0 saturated carbocycles. The van der Waals surface area contributed by atoms with E-state index in [4.69, 9.17) is 9.47 Å². The molecule has 2 aromatic rings. The lowest BCUT2D eigenvalue weighted by molar-refractivity contribution is -0.135. The van der Waals surface area contributed by atoms with Gasteiger partial charge in [-0.25, -0.2) is 0 Å². The van der Waals surface area contributed by atoms with Crippen LogP contribution in [0.1, 0.15) is 60.8 Å². The van der Waals surface area contributed by atoms with Gasteiger partial charge >= 0.3 is 11.9 Å². The molecule has 0 saturated heterocycles. The second-order valence-corrected chi connectivity index (χ2v) is 7.67. The van der Waals surface area contributed by atoms with E-state index in [0.29, 0.717) is 59.4 Å². The molecule has 0 bridgehead atoms. The zero-order chi connectivity index (χ0) is 22.3. The van der Waals surface area contributed by atoms with Crippen LogP contribution in [0.3, 0.4) is 0 Å². The summed E-state index contributed by atoms with van der Waals surface area (Å²) in [4.78, 5) is 23.9. The lowest BCUT2D eigenvalue weighted by Crippen LogP contribution is -2.09. The van der Waals surface area contributed by atoms with Crippen LogP contribution in [0.5, 0.6) is 23.0 Å². The molecular weight excluding hydrogens is 384 g/mol. The van der Waals surface area contributed by atoms with Crippen molar-refractivity contribution in [2.75, 3.05) is 0 Å². The number of phenols is 2. The van der Waals surface area contributed by atoms with Crippen molar-refractivity contribution >= 4 is 11.9 Å². The molecule has 0 aliphatic carbocycles. The number of hydrogen-bond acceptors (Lipinski definition) is 6. The van der Waals surface area contributed by atoms with Crippen LogP contribution >= 0.6 is 0 Å². The Hall–Kier alpha value is -3.02. The van der Waals surface area contributed by atoms with E-state index >= 15 is 0 Å². The minimum atomic E-state index is -0.308. The molecule has 0 aromatic heterocycles. The lowest BCUT2D eigenvalue weighted by Gasteiger charge is -2.09. The topological polar surface area (TPSA) is 93.1 Å². The number of carbonyl (C=O) groups excluding carboxylic acids is 2. The maximum atomic E-state index is 12.0. The van der Waals surface area contributed by atoms with Crippen LogP contribution < -0.4 is 9.47 Å². The van der Waals surface area contributed by atoms with Gasteiger partial charge in [-0.1, -0.05) is 12.8 Å². The molecule has 0 atom stereocenters. The molecule has 0 aliphatic heterocycles. The third kappa shape index (κ3) is 6.79. The fourth-order valence-electron chi connectivity index (χ4n) is 3.21. The third-order valence-corrected chi connectivity index (χ3v) is 4.90. The maximum Gasteiger partial charge on any atom is 0.311 e. The van der Waals surface area contributed by atoms with Gasteiger partial charge in [-0.05, 0) is 87.1 Å². The third-order valence-electron chi connectivity index (χ3n) is 4.90. The number of hydrogen-bond donors (Lipinski definition) is 2. The first-order valence-electron chi connectivity index (χ1n) is 10.2. The van der Waals surface area contributed by atoms with Gasteiger partial charge in [0, 0.05) is 12.8 Å². The summed E-state index contributed by atoms with van der Waals surface area (Å²) in [7, 11) is 0. The number of unbranched alkanes of at least 4 members (excludes halogenated alkanes) is 3. The van der Waals surface area contributed by atoms with Gasteiger partial charge in [0.05, 0.1) is 0 Å². The Labute approximate surface area is 177 Å². The molecule has 0 spiro atoms. The number of ether oxygens (including phenoxy) is 2. The Morgan fingerprint density at radius 1 is 0.633 bits per heavy atom. The standard InChI is InChI=1S/C24H30O6/c1-15-11-19(12-16(2)23(15)27)29-21(25)9-7-5-6-8-10-22(26)30-20-13-17(3)24(28)18(4)14-20/h11-14,27-28H,5-10H2,1-4H3. The largest absolute Gasteiger partial charge is 0.507 e. The Morgan fingerprint density at radius 3 is 1.23 bits per heavy atom. The SMILES string of the molecule is Cc1cc(OC(=O)CCCCCCC(=O)Oc2cc(C)c(O)c(C)c2)cc(C)c1O. The van der Waals surface area contributed by atoms with Gasteiger partial charge in [-0.3, -0.25) is 9.59 Å². The molecule has 0 radical (unpaired) electrons. The highest BCUT2D eigenvalue weighted by atomic mass is 16.5. The highest BCUT2D eigenvalue weighted by molar-refractivity contribution is 5.73. The number of phenolic OH excluding ortho intramolecular Hbond substituents is 2. The minimum Gasteiger partial charge on any atom is -0.507 e. The van der Waals surface area contributed by atoms with E-state index in [-0.39, 0.29) is 23.4 Å². The molecule has 0 amide bonds. The van der Waals surface area contributed by atoms with Gasteiger partial charge in [0.15, 0.2) is 0 Å². The van der Waals surface area contributed by atoms with Crippen molar-refractivity contribution in [2.45, 2.75) is 66.2 Å². The van der Waals surface area contributed by atoms with Gasteiger partial charge in [0.1, 0.15) is 23.0 Å². The predicted octanol–water partition coefficient (Wildman–Crippen LogP) is 5.18. The van der Waals surface area contributed by atoms with E-state index in [9.17, 15) is 19.8 Å². The second-order valence-electron chi connectivity index (χ2n) is 7.67. The molecule has 6 heteroatoms.